The number of ether oxygens (including phenoxy) is 1. The molecule has 0 saturated heterocycles. The summed E-state index contributed by atoms with van der Waals surface area (Å²) in [6.07, 6.45) is 1.13. The van der Waals surface area contributed by atoms with E-state index in [1.54, 1.807) is 16.7 Å². The minimum absolute atomic E-state index is 0.117. The first-order valence-electron chi connectivity index (χ1n) is 8.95. The number of nitro benzene ring substituents is 1. The summed E-state index contributed by atoms with van der Waals surface area (Å²) in [4.78, 5) is 27.6. The molecule has 158 valence electrons. The van der Waals surface area contributed by atoms with Gasteiger partial charge in [0.15, 0.2) is 14.6 Å². The van der Waals surface area contributed by atoms with Crippen molar-refractivity contribution >= 4 is 43.0 Å². The summed E-state index contributed by atoms with van der Waals surface area (Å²) in [5.41, 5.74) is 0.835. The van der Waals surface area contributed by atoms with E-state index in [0.29, 0.717) is 29.3 Å². The first-order valence-corrected chi connectivity index (χ1v) is 11.7. The van der Waals surface area contributed by atoms with E-state index in [9.17, 15) is 23.3 Å². The Morgan fingerprint density at radius 2 is 1.93 bits per heavy atom. The van der Waals surface area contributed by atoms with E-state index >= 15 is 0 Å². The molecule has 0 aliphatic heterocycles. The molecule has 3 aromatic rings. The van der Waals surface area contributed by atoms with Gasteiger partial charge in [0, 0.05) is 37.1 Å². The van der Waals surface area contributed by atoms with Gasteiger partial charge in [0.2, 0.25) is 0 Å². The van der Waals surface area contributed by atoms with Gasteiger partial charge in [-0.1, -0.05) is 11.3 Å². The van der Waals surface area contributed by atoms with Crippen LogP contribution in [0, 0.1) is 10.1 Å². The summed E-state index contributed by atoms with van der Waals surface area (Å²) in [5.74, 6) is -0.551. The summed E-state index contributed by atoms with van der Waals surface area (Å²) in [5, 5.41) is 10.8. The molecule has 0 bridgehead atoms. The van der Waals surface area contributed by atoms with Crippen molar-refractivity contribution in [3.63, 3.8) is 0 Å². The predicted octanol–water partition coefficient (Wildman–Crippen LogP) is 2.79. The molecule has 1 amide bonds. The quantitative estimate of drug-likeness (QED) is 0.311. The van der Waals surface area contributed by atoms with E-state index < -0.39 is 20.7 Å². The highest BCUT2D eigenvalue weighted by atomic mass is 32.2. The van der Waals surface area contributed by atoms with E-state index in [1.165, 1.54) is 41.7 Å². The Balaban J connectivity index is 2.08. The number of hydrogen-bond donors (Lipinski definition) is 0. The number of fused-ring (bicyclic) bond motifs is 1. The topological polar surface area (TPSA) is 121 Å². The van der Waals surface area contributed by atoms with Gasteiger partial charge < -0.3 is 9.30 Å². The first kappa shape index (κ1) is 21.8. The zero-order chi connectivity index (χ0) is 21.9. The fourth-order valence-electron chi connectivity index (χ4n) is 2.76. The van der Waals surface area contributed by atoms with E-state index in [1.807, 2.05) is 6.92 Å². The lowest BCUT2D eigenvalue weighted by molar-refractivity contribution is -0.384. The van der Waals surface area contributed by atoms with Crippen LogP contribution >= 0.6 is 11.3 Å². The minimum Gasteiger partial charge on any atom is -0.380 e. The molecule has 1 heterocycles. The number of non-ortho nitro benzene ring substituents is 1. The van der Waals surface area contributed by atoms with Gasteiger partial charge in [-0.25, -0.2) is 8.42 Å². The summed E-state index contributed by atoms with van der Waals surface area (Å²) in [6, 6.07) is 9.95. The van der Waals surface area contributed by atoms with Gasteiger partial charge in [0.05, 0.1) is 26.6 Å². The van der Waals surface area contributed by atoms with Crippen LogP contribution in [0.1, 0.15) is 17.3 Å². The molecule has 30 heavy (non-hydrogen) atoms. The minimum atomic E-state index is -3.38. The number of benzene rings is 2. The van der Waals surface area contributed by atoms with Crippen LogP contribution in [0.5, 0.6) is 0 Å². The second-order valence-electron chi connectivity index (χ2n) is 6.36. The number of amides is 1. The lowest BCUT2D eigenvalue weighted by Crippen LogP contribution is -2.19. The highest BCUT2D eigenvalue weighted by molar-refractivity contribution is 7.90. The van der Waals surface area contributed by atoms with Crippen molar-refractivity contribution in [3.8, 4) is 0 Å². The van der Waals surface area contributed by atoms with Crippen molar-refractivity contribution in [2.24, 2.45) is 4.99 Å². The highest BCUT2D eigenvalue weighted by Crippen LogP contribution is 2.22. The lowest BCUT2D eigenvalue weighted by atomic mass is 10.2. The number of rotatable bonds is 7. The van der Waals surface area contributed by atoms with Gasteiger partial charge in [0.1, 0.15) is 0 Å². The maximum atomic E-state index is 12.6. The Hall–Kier alpha value is -2.89. The zero-order valence-corrected chi connectivity index (χ0v) is 17.9. The molecule has 3 rings (SSSR count). The van der Waals surface area contributed by atoms with Crippen LogP contribution in [0.2, 0.25) is 0 Å². The second kappa shape index (κ2) is 8.86. The number of nitro groups is 1. The average Bonchev–Trinajstić information content (AvgIpc) is 3.04. The molecule has 0 atom stereocenters. The monoisotopic (exact) mass is 449 g/mol. The highest BCUT2D eigenvalue weighted by Gasteiger charge is 2.14. The molecule has 11 heteroatoms. The molecule has 0 spiro atoms. The summed E-state index contributed by atoms with van der Waals surface area (Å²) >= 11 is 1.19. The van der Waals surface area contributed by atoms with E-state index in [-0.39, 0.29) is 16.1 Å². The van der Waals surface area contributed by atoms with Crippen LogP contribution < -0.4 is 4.80 Å². The smallest absolute Gasteiger partial charge is 0.279 e. The third-order valence-corrected chi connectivity index (χ3v) is 6.42. The SMILES string of the molecule is CCOCCn1c(=NC(=O)c2ccc([N+](=O)[O-])cc2)sc2cc(S(C)(=O)=O)ccc21. The number of carbonyl (C=O) groups excluding carboxylic acids is 1. The van der Waals surface area contributed by atoms with Crippen molar-refractivity contribution in [3.05, 3.63) is 62.9 Å². The molecule has 1 aromatic heterocycles. The fraction of sp³-hybridized carbons (Fsp3) is 0.263. The van der Waals surface area contributed by atoms with E-state index in [2.05, 4.69) is 4.99 Å². The normalized spacial score (nSPS) is 12.4. The number of sulfone groups is 1. The van der Waals surface area contributed by atoms with E-state index in [4.69, 9.17) is 4.74 Å². The number of nitrogens with zero attached hydrogens (tertiary/aromatic N) is 3. The van der Waals surface area contributed by atoms with Crippen molar-refractivity contribution in [2.75, 3.05) is 19.5 Å². The van der Waals surface area contributed by atoms with Crippen LogP contribution in [0.15, 0.2) is 52.4 Å². The molecule has 0 saturated carbocycles. The fourth-order valence-corrected chi connectivity index (χ4v) is 4.58. The van der Waals surface area contributed by atoms with Gasteiger partial charge in [0.25, 0.3) is 11.6 Å². The molecule has 0 aliphatic rings. The van der Waals surface area contributed by atoms with Crippen molar-refractivity contribution < 1.29 is 22.9 Å². The molecule has 0 unspecified atom stereocenters. The molecule has 9 nitrogen and oxygen atoms in total. The standard InChI is InChI=1S/C19H19N3O6S2/c1-3-28-11-10-21-16-9-8-15(30(2,26)27)12-17(16)29-19(21)20-18(23)13-4-6-14(7-5-13)22(24)25/h4-9,12H,3,10-11H2,1-2H3. The molecular weight excluding hydrogens is 430 g/mol. The zero-order valence-electron chi connectivity index (χ0n) is 16.3. The molecular formula is C19H19N3O6S2. The largest absolute Gasteiger partial charge is 0.380 e. The van der Waals surface area contributed by atoms with Gasteiger partial charge in [-0.3, -0.25) is 14.9 Å². The average molecular weight is 450 g/mol. The maximum absolute atomic E-state index is 12.6. The van der Waals surface area contributed by atoms with Crippen LogP contribution in [0.25, 0.3) is 10.2 Å². The maximum Gasteiger partial charge on any atom is 0.279 e. The Morgan fingerprint density at radius 3 is 2.53 bits per heavy atom. The predicted molar refractivity (Wildman–Crippen MR) is 112 cm³/mol. The third-order valence-electron chi connectivity index (χ3n) is 4.27. The number of aromatic nitrogens is 1. The van der Waals surface area contributed by atoms with Crippen LogP contribution in [0.3, 0.4) is 0 Å². The van der Waals surface area contributed by atoms with Crippen LogP contribution in [0.4, 0.5) is 5.69 Å². The lowest BCUT2D eigenvalue weighted by Gasteiger charge is -2.06. The number of carbonyl (C=O) groups is 1. The van der Waals surface area contributed by atoms with E-state index in [0.717, 1.165) is 11.8 Å². The van der Waals surface area contributed by atoms with Gasteiger partial charge in [-0.2, -0.15) is 4.99 Å². The molecule has 0 aliphatic carbocycles. The Bertz CT molecular complexity index is 1270. The molecule has 2 aromatic carbocycles. The van der Waals surface area contributed by atoms with Gasteiger partial charge in [-0.05, 0) is 37.3 Å². The summed E-state index contributed by atoms with van der Waals surface area (Å²) in [6.45, 7) is 3.24. The Kier molecular flexibility index (Phi) is 6.44. The van der Waals surface area contributed by atoms with Crippen molar-refractivity contribution in [2.45, 2.75) is 18.4 Å². The van der Waals surface area contributed by atoms with Gasteiger partial charge >= 0.3 is 0 Å². The van der Waals surface area contributed by atoms with Crippen LogP contribution in [-0.2, 0) is 21.1 Å². The molecule has 0 radical (unpaired) electrons. The van der Waals surface area contributed by atoms with Crippen LogP contribution in [-0.4, -0.2) is 43.3 Å². The Labute approximate surface area is 176 Å². The summed E-state index contributed by atoms with van der Waals surface area (Å²) < 4.78 is 31.6. The second-order valence-corrected chi connectivity index (χ2v) is 9.38. The van der Waals surface area contributed by atoms with Crippen molar-refractivity contribution in [1.82, 2.24) is 4.57 Å². The summed E-state index contributed by atoms with van der Waals surface area (Å²) in [7, 11) is -3.38. The molecule has 0 fully saturated rings. The molecule has 0 N–H and O–H groups in total. The van der Waals surface area contributed by atoms with Gasteiger partial charge in [-0.15, -0.1) is 0 Å². The van der Waals surface area contributed by atoms with Crippen molar-refractivity contribution in [1.29, 1.82) is 0 Å². The number of thiazole rings is 1. The number of hydrogen-bond acceptors (Lipinski definition) is 7. The third kappa shape index (κ3) is 4.81. The Morgan fingerprint density at radius 1 is 1.23 bits per heavy atom. The first-order chi connectivity index (χ1) is 14.2.